The molecule has 2 aromatic rings. The molecule has 0 saturated carbocycles. The van der Waals surface area contributed by atoms with Crippen molar-refractivity contribution >= 4 is 11.0 Å². The van der Waals surface area contributed by atoms with E-state index in [1.54, 1.807) is 4.57 Å². The molecule has 0 aliphatic carbocycles. The molecule has 2 heterocycles. The Morgan fingerprint density at radius 1 is 1.35 bits per heavy atom. The van der Waals surface area contributed by atoms with Gasteiger partial charge in [-0.15, -0.1) is 0 Å². The van der Waals surface area contributed by atoms with Crippen LogP contribution in [0.25, 0.3) is 11.0 Å². The van der Waals surface area contributed by atoms with Gasteiger partial charge in [0.1, 0.15) is 0 Å². The molecule has 1 aromatic carbocycles. The van der Waals surface area contributed by atoms with E-state index in [-0.39, 0.29) is 6.84 Å². The molecule has 1 aliphatic rings. The predicted octanol–water partition coefficient (Wildman–Crippen LogP) is 1.62. The van der Waals surface area contributed by atoms with Crippen molar-refractivity contribution in [2.45, 2.75) is 32.2 Å². The number of H-pyrrole nitrogens is 1. The maximum Gasteiger partial charge on any atom is 0.316 e. The Labute approximate surface area is 99.4 Å². The molecule has 90 valence electrons. The molecular weight excluding hydrogens is 216 g/mol. The van der Waals surface area contributed by atoms with E-state index in [4.69, 9.17) is 0 Å². The van der Waals surface area contributed by atoms with Crippen molar-refractivity contribution in [2.75, 3.05) is 0 Å². The predicted molar refractivity (Wildman–Crippen MR) is 68.6 cm³/mol. The fraction of sp³-hybridized carbons (Fsp3) is 0.385. The number of nitrogens with one attached hydrogen (secondary N) is 1. The average molecular weight is 232 g/mol. The summed E-state index contributed by atoms with van der Waals surface area (Å²) in [6.45, 7) is 4.95. The Balaban J connectivity index is 0.00000120. The van der Waals surface area contributed by atoms with Gasteiger partial charge in [-0.2, -0.15) is 0 Å². The molecular formula is C13H16N2O2. The first kappa shape index (κ1) is 10.3. The van der Waals surface area contributed by atoms with Crippen LogP contribution in [0.2, 0.25) is 0 Å². The van der Waals surface area contributed by atoms with Crippen LogP contribution >= 0.6 is 0 Å². The minimum Gasteiger partial charge on any atom is -0.316 e. The van der Waals surface area contributed by atoms with Gasteiger partial charge in [0.05, 0.1) is 11.0 Å². The van der Waals surface area contributed by atoms with Gasteiger partial charge in [0.15, 0.2) is 0 Å². The smallest absolute Gasteiger partial charge is 0.316 e. The maximum atomic E-state index is 11.8. The number of benzene rings is 1. The van der Waals surface area contributed by atoms with Gasteiger partial charge in [0.2, 0.25) is 0 Å². The van der Waals surface area contributed by atoms with Crippen LogP contribution < -0.4 is 11.1 Å². The van der Waals surface area contributed by atoms with E-state index in [0.29, 0.717) is 6.54 Å². The summed E-state index contributed by atoms with van der Waals surface area (Å²) in [4.78, 5) is 26.0. The summed E-state index contributed by atoms with van der Waals surface area (Å²) in [5.74, 6) is 0. The van der Waals surface area contributed by atoms with Crippen molar-refractivity contribution in [1.82, 2.24) is 9.55 Å². The van der Waals surface area contributed by atoms with Gasteiger partial charge in [-0.3, -0.25) is 9.59 Å². The highest BCUT2D eigenvalue weighted by molar-refractivity contribution is 5.80. The quantitative estimate of drug-likeness (QED) is 0.702. The second-order valence-electron chi connectivity index (χ2n) is 5.25. The minimum absolute atomic E-state index is 0. The van der Waals surface area contributed by atoms with E-state index in [1.807, 2.05) is 18.2 Å². The van der Waals surface area contributed by atoms with E-state index >= 15 is 0 Å². The third kappa shape index (κ3) is 1.30. The van der Waals surface area contributed by atoms with Crippen LogP contribution in [0.3, 0.4) is 0 Å². The molecule has 1 aliphatic heterocycles. The summed E-state index contributed by atoms with van der Waals surface area (Å²) in [5, 5.41) is 0. The van der Waals surface area contributed by atoms with E-state index in [1.165, 1.54) is 0 Å². The summed E-state index contributed by atoms with van der Waals surface area (Å²) in [6.07, 6.45) is 0.877. The summed E-state index contributed by atoms with van der Waals surface area (Å²) >= 11 is 0. The normalized spacial score (nSPS) is 17.3. The van der Waals surface area contributed by atoms with E-state index in [9.17, 15) is 9.59 Å². The lowest BCUT2D eigenvalue weighted by molar-refractivity contribution is 0.416. The largest absolute Gasteiger partial charge is 0.316 e. The molecule has 4 heteroatoms. The number of hydrogen-bond donors (Lipinski definition) is 1. The lowest BCUT2D eigenvalue weighted by Gasteiger charge is -2.32. The molecule has 1 N–H and O–H groups in total. The minimum atomic E-state index is -0.533. The Morgan fingerprint density at radius 3 is 2.88 bits per heavy atom. The van der Waals surface area contributed by atoms with Crippen molar-refractivity contribution in [3.05, 3.63) is 44.5 Å². The van der Waals surface area contributed by atoms with Gasteiger partial charge in [-0.1, -0.05) is 26.0 Å². The number of para-hydroxylation sites is 1. The lowest BCUT2D eigenvalue weighted by atomic mass is 9.79. The SMILES string of the molecule is CC1(C)CCn2c(=O)c(=O)[nH]c3cccc1c32.[HH]. The molecule has 0 unspecified atom stereocenters. The lowest BCUT2D eigenvalue weighted by Crippen LogP contribution is -2.40. The molecule has 0 spiro atoms. The molecule has 0 atom stereocenters. The van der Waals surface area contributed by atoms with E-state index < -0.39 is 11.1 Å². The second kappa shape index (κ2) is 3.09. The highest BCUT2D eigenvalue weighted by atomic mass is 16.2. The van der Waals surface area contributed by atoms with Gasteiger partial charge in [0.25, 0.3) is 0 Å². The van der Waals surface area contributed by atoms with Gasteiger partial charge in [-0.05, 0) is 23.5 Å². The number of aromatic nitrogens is 2. The van der Waals surface area contributed by atoms with Crippen molar-refractivity contribution in [3.63, 3.8) is 0 Å². The summed E-state index contributed by atoms with van der Waals surface area (Å²) in [7, 11) is 0. The second-order valence-corrected chi connectivity index (χ2v) is 5.25. The Bertz CT molecular complexity index is 728. The summed E-state index contributed by atoms with van der Waals surface area (Å²) in [5.41, 5.74) is 1.84. The zero-order valence-corrected chi connectivity index (χ0v) is 9.91. The molecule has 0 fully saturated rings. The summed E-state index contributed by atoms with van der Waals surface area (Å²) < 4.78 is 1.61. The van der Waals surface area contributed by atoms with Crippen LogP contribution in [0, 0.1) is 0 Å². The van der Waals surface area contributed by atoms with Gasteiger partial charge >= 0.3 is 11.1 Å². The van der Waals surface area contributed by atoms with Gasteiger partial charge in [-0.25, -0.2) is 0 Å². The van der Waals surface area contributed by atoms with Crippen molar-refractivity contribution in [3.8, 4) is 0 Å². The third-order valence-corrected chi connectivity index (χ3v) is 3.68. The molecule has 0 bridgehead atoms. The molecule has 1 aromatic heterocycles. The fourth-order valence-electron chi connectivity index (χ4n) is 2.62. The average Bonchev–Trinajstić information content (AvgIpc) is 2.28. The fourth-order valence-corrected chi connectivity index (χ4v) is 2.62. The molecule has 0 amide bonds. The molecule has 17 heavy (non-hydrogen) atoms. The molecule has 4 nitrogen and oxygen atoms in total. The first-order chi connectivity index (χ1) is 8.00. The topological polar surface area (TPSA) is 54.9 Å². The Morgan fingerprint density at radius 2 is 2.12 bits per heavy atom. The van der Waals surface area contributed by atoms with Crippen LogP contribution in [-0.2, 0) is 12.0 Å². The van der Waals surface area contributed by atoms with Gasteiger partial charge in [0, 0.05) is 7.97 Å². The maximum absolute atomic E-state index is 11.8. The summed E-state index contributed by atoms with van der Waals surface area (Å²) in [6, 6.07) is 5.81. The highest BCUT2D eigenvalue weighted by Crippen LogP contribution is 2.35. The highest BCUT2D eigenvalue weighted by Gasteiger charge is 2.29. The first-order valence-corrected chi connectivity index (χ1v) is 5.77. The molecule has 0 saturated heterocycles. The number of rotatable bonds is 0. The van der Waals surface area contributed by atoms with Crippen LogP contribution in [-0.4, -0.2) is 9.55 Å². The molecule has 0 radical (unpaired) electrons. The van der Waals surface area contributed by atoms with E-state index in [2.05, 4.69) is 18.8 Å². The number of aryl methyl sites for hydroxylation is 1. The van der Waals surface area contributed by atoms with Crippen LogP contribution in [0.1, 0.15) is 27.3 Å². The standard InChI is InChI=1S/C13H14N2O2.H2/c1-13(2)6-7-15-10-8(13)4-3-5-9(10)14-11(16)12(15)17;/h3-5H,6-7H2,1-2H3,(H,14,16);1H. The Hall–Kier alpha value is -1.84. The third-order valence-electron chi connectivity index (χ3n) is 3.68. The Kier molecular flexibility index (Phi) is 1.88. The van der Waals surface area contributed by atoms with Crippen LogP contribution in [0.15, 0.2) is 27.8 Å². The number of hydrogen-bond acceptors (Lipinski definition) is 2. The first-order valence-electron chi connectivity index (χ1n) is 5.77. The number of aromatic amines is 1. The van der Waals surface area contributed by atoms with Crippen LogP contribution in [0.4, 0.5) is 0 Å². The van der Waals surface area contributed by atoms with Crippen LogP contribution in [0.5, 0.6) is 0 Å². The van der Waals surface area contributed by atoms with Crippen molar-refractivity contribution < 1.29 is 1.43 Å². The zero-order valence-electron chi connectivity index (χ0n) is 9.91. The zero-order chi connectivity index (χ0) is 12.2. The molecule has 3 rings (SSSR count). The van der Waals surface area contributed by atoms with E-state index in [0.717, 1.165) is 23.0 Å². The van der Waals surface area contributed by atoms with Gasteiger partial charge < -0.3 is 9.55 Å². The van der Waals surface area contributed by atoms with Crippen molar-refractivity contribution in [1.29, 1.82) is 0 Å². The number of nitrogens with zero attached hydrogens (tertiary/aromatic N) is 1. The monoisotopic (exact) mass is 232 g/mol. The van der Waals surface area contributed by atoms with Crippen molar-refractivity contribution in [2.24, 2.45) is 0 Å².